The summed E-state index contributed by atoms with van der Waals surface area (Å²) in [7, 11) is 0. The van der Waals surface area contributed by atoms with Gasteiger partial charge in [0, 0.05) is 12.1 Å². The second-order valence-electron chi connectivity index (χ2n) is 7.71. The van der Waals surface area contributed by atoms with Crippen LogP contribution in [0.4, 0.5) is 11.4 Å². The smallest absolute Gasteiger partial charge is 0.275 e. The quantitative estimate of drug-likeness (QED) is 0.448. The van der Waals surface area contributed by atoms with Crippen LogP contribution < -0.4 is 9.64 Å². The molecule has 0 aliphatic carbocycles. The molecule has 2 amide bonds. The van der Waals surface area contributed by atoms with E-state index >= 15 is 0 Å². The van der Waals surface area contributed by atoms with Gasteiger partial charge in [0.15, 0.2) is 0 Å². The third-order valence-corrected chi connectivity index (χ3v) is 5.85. The number of carbonyl (C=O) groups is 2. The van der Waals surface area contributed by atoms with Gasteiger partial charge in [-0.1, -0.05) is 12.1 Å². The Bertz CT molecular complexity index is 1020. The molecule has 2 aromatic rings. The van der Waals surface area contributed by atoms with E-state index in [1.54, 1.807) is 12.1 Å². The van der Waals surface area contributed by atoms with Gasteiger partial charge in [0.2, 0.25) is 11.8 Å². The normalized spacial score (nSPS) is 27.4. The Balaban J connectivity index is 1.53. The van der Waals surface area contributed by atoms with E-state index in [-0.39, 0.29) is 41.1 Å². The minimum absolute atomic E-state index is 0.158. The predicted octanol–water partition coefficient (Wildman–Crippen LogP) is 3.36. The highest BCUT2D eigenvalue weighted by molar-refractivity contribution is 6.23. The molecule has 0 radical (unpaired) electrons. The summed E-state index contributed by atoms with van der Waals surface area (Å²) in [6, 6.07) is 11.3. The fraction of sp³-hybridized carbons (Fsp3) is 0.333. The van der Waals surface area contributed by atoms with Crippen molar-refractivity contribution >= 4 is 23.2 Å². The number of hydrogen-bond acceptors (Lipinski definition) is 6. The van der Waals surface area contributed by atoms with Gasteiger partial charge in [-0.05, 0) is 37.5 Å². The van der Waals surface area contributed by atoms with E-state index in [9.17, 15) is 19.7 Å². The molecule has 0 aromatic heterocycles. The number of nitrogens with zero attached hydrogens (tertiary/aromatic N) is 2. The number of non-ortho nitro benzene ring substituents is 1. The molecule has 5 rings (SSSR count). The number of amides is 2. The summed E-state index contributed by atoms with van der Waals surface area (Å²) in [5.74, 6) is -0.998. The molecule has 0 unspecified atom stereocenters. The average Bonchev–Trinajstić information content (AvgIpc) is 3.35. The molecular weight excluding hydrogens is 376 g/mol. The van der Waals surface area contributed by atoms with E-state index in [4.69, 9.17) is 9.47 Å². The van der Waals surface area contributed by atoms with Crippen LogP contribution in [0.25, 0.3) is 0 Å². The van der Waals surface area contributed by atoms with E-state index in [1.165, 1.54) is 18.2 Å². The standard InChI is InChI=1S/C21H18N2O6/c1-11-3-2-4-14(7-11)28-15-9-12(8-13(10-15)23(26)27)22-20(24)18-16-5-6-17(29-16)19(18)21(22)25/h2-4,7-10,16-19H,5-6H2,1H3/t16-,17-,18-,19+/m0/s1. The average molecular weight is 394 g/mol. The lowest BCUT2D eigenvalue weighted by Gasteiger charge is -2.18. The molecule has 2 bridgehead atoms. The highest BCUT2D eigenvalue weighted by atomic mass is 16.6. The number of benzene rings is 2. The van der Waals surface area contributed by atoms with Gasteiger partial charge in [0.25, 0.3) is 5.69 Å². The Kier molecular flexibility index (Phi) is 3.92. The molecule has 8 heteroatoms. The molecule has 0 spiro atoms. The zero-order chi connectivity index (χ0) is 20.3. The van der Waals surface area contributed by atoms with Gasteiger partial charge >= 0.3 is 0 Å². The number of aryl methyl sites for hydroxylation is 1. The van der Waals surface area contributed by atoms with E-state index in [0.29, 0.717) is 5.75 Å². The molecule has 148 valence electrons. The number of hydrogen-bond donors (Lipinski definition) is 0. The predicted molar refractivity (Wildman–Crippen MR) is 102 cm³/mol. The van der Waals surface area contributed by atoms with Crippen LogP contribution in [0.5, 0.6) is 11.5 Å². The zero-order valence-corrected chi connectivity index (χ0v) is 15.6. The van der Waals surface area contributed by atoms with Crippen molar-refractivity contribution in [3.05, 3.63) is 58.1 Å². The maximum Gasteiger partial charge on any atom is 0.275 e. The summed E-state index contributed by atoms with van der Waals surface area (Å²) in [4.78, 5) is 37.9. The summed E-state index contributed by atoms with van der Waals surface area (Å²) in [6.45, 7) is 1.91. The number of rotatable bonds is 4. The third-order valence-electron chi connectivity index (χ3n) is 5.85. The number of anilines is 1. The van der Waals surface area contributed by atoms with Gasteiger partial charge < -0.3 is 9.47 Å². The molecule has 3 aliphatic heterocycles. The van der Waals surface area contributed by atoms with Crippen LogP contribution in [-0.2, 0) is 14.3 Å². The minimum Gasteiger partial charge on any atom is -0.457 e. The Morgan fingerprint density at radius 3 is 2.34 bits per heavy atom. The van der Waals surface area contributed by atoms with Gasteiger partial charge in [0.05, 0.1) is 40.7 Å². The summed E-state index contributed by atoms with van der Waals surface area (Å²) < 4.78 is 11.5. The lowest BCUT2D eigenvalue weighted by molar-refractivity contribution is -0.384. The van der Waals surface area contributed by atoms with Crippen molar-refractivity contribution in [3.63, 3.8) is 0 Å². The first kappa shape index (κ1) is 17.8. The molecule has 29 heavy (non-hydrogen) atoms. The molecule has 3 aliphatic rings. The molecule has 8 nitrogen and oxygen atoms in total. The van der Waals surface area contributed by atoms with Crippen molar-refractivity contribution in [2.24, 2.45) is 11.8 Å². The summed E-state index contributed by atoms with van der Waals surface area (Å²) >= 11 is 0. The van der Waals surface area contributed by atoms with Crippen molar-refractivity contribution in [1.29, 1.82) is 0 Å². The van der Waals surface area contributed by atoms with Gasteiger partial charge in [-0.15, -0.1) is 0 Å². The Hall–Kier alpha value is -3.26. The zero-order valence-electron chi connectivity index (χ0n) is 15.6. The minimum atomic E-state index is -0.564. The van der Waals surface area contributed by atoms with Crippen LogP contribution >= 0.6 is 0 Å². The maximum absolute atomic E-state index is 13.0. The van der Waals surface area contributed by atoms with E-state index < -0.39 is 16.8 Å². The second-order valence-corrected chi connectivity index (χ2v) is 7.71. The molecule has 0 N–H and O–H groups in total. The van der Waals surface area contributed by atoms with Crippen LogP contribution in [0, 0.1) is 28.9 Å². The van der Waals surface area contributed by atoms with Gasteiger partial charge in [-0.3, -0.25) is 19.7 Å². The van der Waals surface area contributed by atoms with Gasteiger partial charge in [-0.2, -0.15) is 0 Å². The molecule has 2 aromatic carbocycles. The number of nitro benzene ring substituents is 1. The van der Waals surface area contributed by atoms with Crippen LogP contribution in [-0.4, -0.2) is 28.9 Å². The van der Waals surface area contributed by atoms with Crippen molar-refractivity contribution in [2.45, 2.75) is 32.0 Å². The van der Waals surface area contributed by atoms with Crippen molar-refractivity contribution < 1.29 is 24.0 Å². The van der Waals surface area contributed by atoms with E-state index in [1.807, 2.05) is 19.1 Å². The maximum atomic E-state index is 13.0. The van der Waals surface area contributed by atoms with Gasteiger partial charge in [0.1, 0.15) is 11.5 Å². The van der Waals surface area contributed by atoms with E-state index in [0.717, 1.165) is 23.3 Å². The molecular formula is C21H18N2O6. The number of ether oxygens (including phenoxy) is 2. The van der Waals surface area contributed by atoms with Crippen LogP contribution in [0.3, 0.4) is 0 Å². The number of nitro groups is 1. The van der Waals surface area contributed by atoms with Crippen molar-refractivity contribution in [3.8, 4) is 11.5 Å². The number of imide groups is 1. The number of fused-ring (bicyclic) bond motifs is 5. The summed E-state index contributed by atoms with van der Waals surface area (Å²) in [5.41, 5.74) is 0.883. The fourth-order valence-corrected chi connectivity index (χ4v) is 4.64. The third kappa shape index (κ3) is 2.79. The SMILES string of the molecule is Cc1cccc(Oc2cc(N3C(=O)[C@@H]4[C@H](C3=O)[C@@H]3CC[C@@H]4O3)cc([N+](=O)[O-])c2)c1. The van der Waals surface area contributed by atoms with Crippen LogP contribution in [0.1, 0.15) is 18.4 Å². The lowest BCUT2D eigenvalue weighted by Crippen LogP contribution is -2.34. The van der Waals surface area contributed by atoms with Crippen molar-refractivity contribution in [1.82, 2.24) is 0 Å². The molecule has 0 saturated carbocycles. The molecule has 4 atom stereocenters. The second kappa shape index (κ2) is 6.38. The molecule has 3 saturated heterocycles. The summed E-state index contributed by atoms with van der Waals surface area (Å²) in [6.07, 6.45) is 1.03. The lowest BCUT2D eigenvalue weighted by atomic mass is 9.81. The van der Waals surface area contributed by atoms with Crippen LogP contribution in [0.2, 0.25) is 0 Å². The fourth-order valence-electron chi connectivity index (χ4n) is 4.64. The van der Waals surface area contributed by atoms with Crippen molar-refractivity contribution in [2.75, 3.05) is 4.90 Å². The topological polar surface area (TPSA) is 99.0 Å². The monoisotopic (exact) mass is 394 g/mol. The Morgan fingerprint density at radius 2 is 1.72 bits per heavy atom. The first-order valence-electron chi connectivity index (χ1n) is 9.49. The number of carbonyl (C=O) groups excluding carboxylic acids is 2. The highest BCUT2D eigenvalue weighted by Gasteiger charge is 2.62. The molecule has 3 fully saturated rings. The Morgan fingerprint density at radius 1 is 1.03 bits per heavy atom. The summed E-state index contributed by atoms with van der Waals surface area (Å²) in [5, 5.41) is 11.4. The largest absolute Gasteiger partial charge is 0.457 e. The van der Waals surface area contributed by atoms with E-state index in [2.05, 4.69) is 0 Å². The van der Waals surface area contributed by atoms with Gasteiger partial charge in [-0.25, -0.2) is 4.90 Å². The van der Waals surface area contributed by atoms with Crippen LogP contribution in [0.15, 0.2) is 42.5 Å². The molecule has 3 heterocycles. The highest BCUT2D eigenvalue weighted by Crippen LogP contribution is 2.50. The first-order chi connectivity index (χ1) is 13.9. The Labute approximate surface area is 166 Å². The first-order valence-corrected chi connectivity index (χ1v) is 9.49.